The predicted octanol–water partition coefficient (Wildman–Crippen LogP) is 4.68. The lowest BCUT2D eigenvalue weighted by atomic mass is 10.2. The average molecular weight is 463 g/mol. The Bertz CT molecular complexity index is 1200. The summed E-state index contributed by atoms with van der Waals surface area (Å²) in [4.78, 5) is 12.4. The van der Waals surface area contributed by atoms with Gasteiger partial charge < -0.3 is 0 Å². The molecule has 0 unspecified atom stereocenters. The van der Waals surface area contributed by atoms with Crippen LogP contribution in [0, 0.1) is 0 Å². The summed E-state index contributed by atoms with van der Waals surface area (Å²) >= 11 is 0. The number of hydrogen-bond donors (Lipinski definition) is 2. The van der Waals surface area contributed by atoms with Crippen molar-refractivity contribution in [2.75, 3.05) is 16.3 Å². The third-order valence-corrected chi connectivity index (χ3v) is 6.42. The van der Waals surface area contributed by atoms with Gasteiger partial charge in [0.25, 0.3) is 15.9 Å². The summed E-state index contributed by atoms with van der Waals surface area (Å²) in [6.45, 7) is 1.87. The fourth-order valence-electron chi connectivity index (χ4n) is 2.98. The highest BCUT2D eigenvalue weighted by atomic mass is 32.2. The van der Waals surface area contributed by atoms with Crippen molar-refractivity contribution in [2.45, 2.75) is 18.0 Å². The first-order chi connectivity index (χ1) is 15.1. The van der Waals surface area contributed by atoms with Gasteiger partial charge in [0.2, 0.25) is 0 Å². The predicted molar refractivity (Wildman–Crippen MR) is 116 cm³/mol. The van der Waals surface area contributed by atoms with Gasteiger partial charge in [-0.2, -0.15) is 13.2 Å². The number of nitrogens with zero attached hydrogens (tertiary/aromatic N) is 1. The number of carbonyl (C=O) groups is 1. The fraction of sp³-hybridized carbons (Fsp3) is 0.136. The maximum atomic E-state index is 13.1. The second kappa shape index (κ2) is 9.31. The topological polar surface area (TPSA) is 78.5 Å². The van der Waals surface area contributed by atoms with Crippen molar-refractivity contribution in [1.29, 1.82) is 0 Å². The third kappa shape index (κ3) is 5.20. The van der Waals surface area contributed by atoms with E-state index < -0.39 is 27.7 Å². The van der Waals surface area contributed by atoms with Crippen molar-refractivity contribution < 1.29 is 26.4 Å². The minimum absolute atomic E-state index is 0.0228. The summed E-state index contributed by atoms with van der Waals surface area (Å²) in [5, 5.41) is 0. The van der Waals surface area contributed by atoms with Gasteiger partial charge in [-0.3, -0.25) is 20.0 Å². The monoisotopic (exact) mass is 463 g/mol. The van der Waals surface area contributed by atoms with E-state index in [9.17, 15) is 26.4 Å². The van der Waals surface area contributed by atoms with Gasteiger partial charge in [-0.25, -0.2) is 8.42 Å². The molecule has 2 N–H and O–H groups in total. The van der Waals surface area contributed by atoms with Gasteiger partial charge in [0.05, 0.1) is 21.8 Å². The number of nitrogens with one attached hydrogen (secondary N) is 2. The van der Waals surface area contributed by atoms with E-state index in [-0.39, 0.29) is 22.7 Å². The Kier molecular flexibility index (Phi) is 6.73. The number of benzene rings is 3. The van der Waals surface area contributed by atoms with Crippen LogP contribution in [0.25, 0.3) is 0 Å². The zero-order chi connectivity index (χ0) is 23.4. The minimum atomic E-state index is -4.52. The highest BCUT2D eigenvalue weighted by molar-refractivity contribution is 7.92. The Hall–Kier alpha value is -3.53. The number of amides is 1. The third-order valence-electron chi connectivity index (χ3n) is 4.53. The van der Waals surface area contributed by atoms with Gasteiger partial charge in [0, 0.05) is 12.1 Å². The molecule has 0 aromatic heterocycles. The maximum absolute atomic E-state index is 13.1. The van der Waals surface area contributed by atoms with E-state index in [0.29, 0.717) is 5.69 Å². The fourth-order valence-corrected chi connectivity index (χ4v) is 4.51. The van der Waals surface area contributed by atoms with Crippen molar-refractivity contribution in [3.8, 4) is 0 Å². The van der Waals surface area contributed by atoms with Gasteiger partial charge in [-0.1, -0.05) is 30.3 Å². The number of hydrazine groups is 1. The largest absolute Gasteiger partial charge is 0.416 e. The number of carbonyl (C=O) groups excluding carboxylic acids is 1. The molecule has 168 valence electrons. The molecule has 0 saturated carbocycles. The standard InChI is InChI=1S/C22H20F3N3O3S/c1-2-28(19-11-4-3-5-12-19)32(30,31)20-13-6-8-16(14-20)21(29)27-26-18-10-7-9-17(15-18)22(23,24)25/h3-15,26H,2H2,1H3,(H,27,29). The average Bonchev–Trinajstić information content (AvgIpc) is 2.78. The summed E-state index contributed by atoms with van der Waals surface area (Å²) in [5.74, 6) is -0.706. The van der Waals surface area contributed by atoms with Crippen LogP contribution in [-0.4, -0.2) is 20.9 Å². The molecular formula is C22H20F3N3O3S. The summed E-state index contributed by atoms with van der Waals surface area (Å²) in [6, 6.07) is 18.3. The normalized spacial score (nSPS) is 11.6. The van der Waals surface area contributed by atoms with Crippen molar-refractivity contribution in [2.24, 2.45) is 0 Å². The van der Waals surface area contributed by atoms with Gasteiger partial charge in [0.15, 0.2) is 0 Å². The number of rotatable bonds is 7. The molecule has 0 bridgehead atoms. The van der Waals surface area contributed by atoms with Crippen LogP contribution in [-0.2, 0) is 16.2 Å². The van der Waals surface area contributed by atoms with Crippen LogP contribution in [0.2, 0.25) is 0 Å². The molecule has 10 heteroatoms. The van der Waals surface area contributed by atoms with E-state index in [2.05, 4.69) is 10.9 Å². The molecule has 6 nitrogen and oxygen atoms in total. The maximum Gasteiger partial charge on any atom is 0.416 e. The molecule has 0 spiro atoms. The minimum Gasteiger partial charge on any atom is -0.298 e. The lowest BCUT2D eigenvalue weighted by Gasteiger charge is -2.23. The van der Waals surface area contributed by atoms with Crippen LogP contribution in [0.3, 0.4) is 0 Å². The van der Waals surface area contributed by atoms with E-state index in [1.165, 1.54) is 40.7 Å². The van der Waals surface area contributed by atoms with E-state index >= 15 is 0 Å². The molecule has 0 heterocycles. The molecule has 0 atom stereocenters. The summed E-state index contributed by atoms with van der Waals surface area (Å²) in [5.41, 5.74) is 4.36. The highest BCUT2D eigenvalue weighted by Crippen LogP contribution is 2.30. The molecule has 0 aliphatic rings. The molecule has 0 aliphatic carbocycles. The molecule has 3 aromatic rings. The molecule has 0 aliphatic heterocycles. The molecule has 3 rings (SSSR count). The Morgan fingerprint density at radius 3 is 2.28 bits per heavy atom. The van der Waals surface area contributed by atoms with Gasteiger partial charge >= 0.3 is 6.18 Å². The second-order valence-electron chi connectivity index (χ2n) is 6.69. The Morgan fingerprint density at radius 1 is 0.938 bits per heavy atom. The van der Waals surface area contributed by atoms with Gasteiger partial charge in [-0.15, -0.1) is 0 Å². The van der Waals surface area contributed by atoms with Crippen LogP contribution in [0.4, 0.5) is 24.5 Å². The molecule has 0 saturated heterocycles. The summed E-state index contributed by atoms with van der Waals surface area (Å²) < 4.78 is 65.9. The van der Waals surface area contributed by atoms with Crippen LogP contribution >= 0.6 is 0 Å². The van der Waals surface area contributed by atoms with Crippen LogP contribution < -0.4 is 15.2 Å². The van der Waals surface area contributed by atoms with Crippen molar-refractivity contribution in [1.82, 2.24) is 5.43 Å². The Balaban J connectivity index is 1.79. The first-order valence-electron chi connectivity index (χ1n) is 9.54. The molecule has 1 amide bonds. The van der Waals surface area contributed by atoms with Crippen molar-refractivity contribution >= 4 is 27.3 Å². The first kappa shape index (κ1) is 23.1. The molecule has 0 radical (unpaired) electrons. The second-order valence-corrected chi connectivity index (χ2v) is 8.55. The van der Waals surface area contributed by atoms with Crippen LogP contribution in [0.15, 0.2) is 83.8 Å². The van der Waals surface area contributed by atoms with Crippen molar-refractivity contribution in [3.05, 3.63) is 90.0 Å². The summed E-state index contributed by atoms with van der Waals surface area (Å²) in [6.07, 6.45) is -4.52. The van der Waals surface area contributed by atoms with Crippen LogP contribution in [0.5, 0.6) is 0 Å². The van der Waals surface area contributed by atoms with Crippen LogP contribution in [0.1, 0.15) is 22.8 Å². The van der Waals surface area contributed by atoms with E-state index in [1.807, 2.05) is 0 Å². The lowest BCUT2D eigenvalue weighted by Crippen LogP contribution is -2.32. The van der Waals surface area contributed by atoms with E-state index in [4.69, 9.17) is 0 Å². The number of hydrogen-bond acceptors (Lipinski definition) is 4. The zero-order valence-electron chi connectivity index (χ0n) is 16.9. The smallest absolute Gasteiger partial charge is 0.298 e. The Morgan fingerprint density at radius 2 is 1.62 bits per heavy atom. The molecule has 32 heavy (non-hydrogen) atoms. The SMILES string of the molecule is CCN(c1ccccc1)S(=O)(=O)c1cccc(C(=O)NNc2cccc(C(F)(F)F)c2)c1. The lowest BCUT2D eigenvalue weighted by molar-refractivity contribution is -0.137. The number of para-hydroxylation sites is 1. The highest BCUT2D eigenvalue weighted by Gasteiger charge is 2.30. The molecule has 0 fully saturated rings. The number of halogens is 3. The number of anilines is 2. The van der Waals surface area contributed by atoms with Gasteiger partial charge in [-0.05, 0) is 55.5 Å². The summed E-state index contributed by atoms with van der Waals surface area (Å²) in [7, 11) is -3.94. The van der Waals surface area contributed by atoms with Crippen molar-refractivity contribution in [3.63, 3.8) is 0 Å². The first-order valence-corrected chi connectivity index (χ1v) is 11.0. The Labute approximate surface area is 183 Å². The number of sulfonamides is 1. The quantitative estimate of drug-likeness (QED) is 0.499. The van der Waals surface area contributed by atoms with E-state index in [0.717, 1.165) is 12.1 Å². The van der Waals surface area contributed by atoms with E-state index in [1.54, 1.807) is 37.3 Å². The molecular weight excluding hydrogens is 443 g/mol. The number of alkyl halides is 3. The zero-order valence-corrected chi connectivity index (χ0v) is 17.7. The van der Waals surface area contributed by atoms with Gasteiger partial charge in [0.1, 0.15) is 0 Å². The molecule has 3 aromatic carbocycles.